The molecule has 0 bridgehead atoms. The van der Waals surface area contributed by atoms with Crippen LogP contribution in [0, 0.1) is 0 Å². The van der Waals surface area contributed by atoms with Gasteiger partial charge in [-0.1, -0.05) is 0 Å². The fourth-order valence-electron chi connectivity index (χ4n) is 2.42. The molecular weight excluding hydrogens is 185 g/mol. The molecule has 3 nitrogen and oxygen atoms in total. The second-order valence-corrected chi connectivity index (χ2v) is 4.08. The van der Waals surface area contributed by atoms with Crippen molar-refractivity contribution in [3.8, 4) is 0 Å². The third-order valence-corrected chi connectivity index (χ3v) is 3.06. The van der Waals surface area contributed by atoms with Crippen molar-refractivity contribution in [1.29, 1.82) is 0 Å². The van der Waals surface area contributed by atoms with Crippen molar-refractivity contribution in [2.75, 3.05) is 40.0 Å². The Morgan fingerprint density at radius 1 is 1.71 bits per heavy atom. The normalized spacial score (nSPS) is 36.3. The van der Waals surface area contributed by atoms with Gasteiger partial charge < -0.3 is 9.47 Å². The van der Waals surface area contributed by atoms with Gasteiger partial charge in [-0.25, -0.2) is 4.39 Å². The number of morpholine rings is 1. The van der Waals surface area contributed by atoms with Gasteiger partial charge in [0.15, 0.2) is 0 Å². The van der Waals surface area contributed by atoms with Gasteiger partial charge in [-0.15, -0.1) is 0 Å². The lowest BCUT2D eigenvalue weighted by Crippen LogP contribution is -2.55. The van der Waals surface area contributed by atoms with Crippen LogP contribution in [0.2, 0.25) is 0 Å². The minimum absolute atomic E-state index is 0.106. The molecule has 2 aliphatic rings. The third kappa shape index (κ3) is 1.58. The molecule has 80 valence electrons. The van der Waals surface area contributed by atoms with Crippen LogP contribution in [0.4, 0.5) is 4.39 Å². The number of halogens is 1. The molecule has 0 saturated carbocycles. The molecule has 0 amide bonds. The zero-order valence-corrected chi connectivity index (χ0v) is 8.46. The molecule has 0 unspecified atom stereocenters. The molecular formula is C10H16FNO2. The number of hydrogen-bond donors (Lipinski definition) is 0. The average Bonchev–Trinajstić information content (AvgIpc) is 2.56. The maximum atomic E-state index is 12.5. The van der Waals surface area contributed by atoms with Crippen molar-refractivity contribution in [3.05, 3.63) is 11.9 Å². The Hall–Kier alpha value is -0.450. The van der Waals surface area contributed by atoms with E-state index in [1.54, 1.807) is 7.11 Å². The van der Waals surface area contributed by atoms with E-state index in [4.69, 9.17) is 9.47 Å². The topological polar surface area (TPSA) is 21.7 Å². The molecule has 1 atom stereocenters. The molecule has 0 spiro atoms. The van der Waals surface area contributed by atoms with Gasteiger partial charge in [0.25, 0.3) is 0 Å². The van der Waals surface area contributed by atoms with E-state index in [9.17, 15) is 4.39 Å². The fraction of sp³-hybridized carbons (Fsp3) is 0.800. The Bertz CT molecular complexity index is 240. The molecule has 4 heteroatoms. The van der Waals surface area contributed by atoms with E-state index in [1.807, 2.05) is 0 Å². The number of ether oxygens (including phenoxy) is 2. The maximum absolute atomic E-state index is 12.5. The molecule has 0 aromatic rings. The van der Waals surface area contributed by atoms with Gasteiger partial charge in [-0.2, -0.15) is 0 Å². The first kappa shape index (κ1) is 10.1. The summed E-state index contributed by atoms with van der Waals surface area (Å²) in [6, 6.07) is 0. The summed E-state index contributed by atoms with van der Waals surface area (Å²) < 4.78 is 23.1. The highest BCUT2D eigenvalue weighted by atomic mass is 19.1. The number of hydrogen-bond acceptors (Lipinski definition) is 3. The highest BCUT2D eigenvalue weighted by Gasteiger charge is 2.45. The van der Waals surface area contributed by atoms with Gasteiger partial charge in [-0.3, -0.25) is 4.90 Å². The Morgan fingerprint density at radius 2 is 2.57 bits per heavy atom. The predicted octanol–water partition coefficient (Wildman–Crippen LogP) is 0.961. The SMILES string of the molecule is COC[C@@]12COCCN1C/C(=C/F)C2. The lowest BCUT2D eigenvalue weighted by atomic mass is 9.96. The molecule has 0 aromatic heterocycles. The first-order valence-corrected chi connectivity index (χ1v) is 4.90. The van der Waals surface area contributed by atoms with E-state index in [2.05, 4.69) is 4.90 Å². The first-order valence-electron chi connectivity index (χ1n) is 4.90. The van der Waals surface area contributed by atoms with Crippen molar-refractivity contribution in [1.82, 2.24) is 4.90 Å². The highest BCUT2D eigenvalue weighted by molar-refractivity contribution is 5.18. The number of fused-ring (bicyclic) bond motifs is 1. The van der Waals surface area contributed by atoms with Crippen molar-refractivity contribution in [3.63, 3.8) is 0 Å². The molecule has 2 saturated heterocycles. The monoisotopic (exact) mass is 201 g/mol. The van der Waals surface area contributed by atoms with Crippen LogP contribution in [-0.2, 0) is 9.47 Å². The zero-order chi connectivity index (χ0) is 10.0. The minimum atomic E-state index is -0.106. The van der Waals surface area contributed by atoms with Crippen molar-refractivity contribution in [2.24, 2.45) is 0 Å². The summed E-state index contributed by atoms with van der Waals surface area (Å²) in [5.74, 6) is 0. The van der Waals surface area contributed by atoms with Crippen LogP contribution in [-0.4, -0.2) is 50.5 Å². The van der Waals surface area contributed by atoms with Crippen LogP contribution in [0.1, 0.15) is 6.42 Å². The van der Waals surface area contributed by atoms with Gasteiger partial charge in [-0.05, 0) is 12.0 Å². The summed E-state index contributed by atoms with van der Waals surface area (Å²) in [5, 5.41) is 0. The summed E-state index contributed by atoms with van der Waals surface area (Å²) in [6.07, 6.45) is 1.47. The summed E-state index contributed by atoms with van der Waals surface area (Å²) in [5.41, 5.74) is 0.748. The summed E-state index contributed by atoms with van der Waals surface area (Å²) in [4.78, 5) is 2.27. The molecule has 0 aromatic carbocycles. The minimum Gasteiger partial charge on any atom is -0.383 e. The van der Waals surface area contributed by atoms with Crippen LogP contribution < -0.4 is 0 Å². The standard InChI is InChI=1S/C10H16FNO2/c1-13-7-10-4-9(5-11)6-12(10)2-3-14-8-10/h5H,2-4,6-8H2,1H3/b9-5+/t10-/m0/s1. The molecule has 0 aliphatic carbocycles. The zero-order valence-electron chi connectivity index (χ0n) is 8.46. The summed E-state index contributed by atoms with van der Waals surface area (Å²) in [7, 11) is 1.68. The van der Waals surface area contributed by atoms with E-state index in [1.165, 1.54) is 0 Å². The summed E-state index contributed by atoms with van der Waals surface area (Å²) in [6.45, 7) is 3.61. The highest BCUT2D eigenvalue weighted by Crippen LogP contribution is 2.35. The second-order valence-electron chi connectivity index (χ2n) is 4.08. The van der Waals surface area contributed by atoms with Crippen molar-refractivity contribution < 1.29 is 13.9 Å². The van der Waals surface area contributed by atoms with E-state index in [0.717, 1.165) is 38.0 Å². The van der Waals surface area contributed by atoms with Crippen molar-refractivity contribution in [2.45, 2.75) is 12.0 Å². The van der Waals surface area contributed by atoms with E-state index < -0.39 is 0 Å². The van der Waals surface area contributed by atoms with Gasteiger partial charge in [0.1, 0.15) is 0 Å². The molecule has 14 heavy (non-hydrogen) atoms. The van der Waals surface area contributed by atoms with Crippen LogP contribution in [0.25, 0.3) is 0 Å². The first-order chi connectivity index (χ1) is 6.80. The van der Waals surface area contributed by atoms with Gasteiger partial charge in [0, 0.05) is 20.2 Å². The lowest BCUT2D eigenvalue weighted by Gasteiger charge is -2.41. The second kappa shape index (κ2) is 3.96. The molecule has 2 aliphatic heterocycles. The Balaban J connectivity index is 2.16. The van der Waals surface area contributed by atoms with Crippen LogP contribution in [0.3, 0.4) is 0 Å². The van der Waals surface area contributed by atoms with E-state index >= 15 is 0 Å². The quantitative estimate of drug-likeness (QED) is 0.664. The Morgan fingerprint density at radius 3 is 3.29 bits per heavy atom. The van der Waals surface area contributed by atoms with Crippen LogP contribution in [0.5, 0.6) is 0 Å². The Kier molecular flexibility index (Phi) is 2.85. The number of nitrogens with zero attached hydrogens (tertiary/aromatic N) is 1. The van der Waals surface area contributed by atoms with Crippen molar-refractivity contribution >= 4 is 0 Å². The van der Waals surface area contributed by atoms with Gasteiger partial charge in [0.05, 0.1) is 31.7 Å². The third-order valence-electron chi connectivity index (χ3n) is 3.06. The van der Waals surface area contributed by atoms with Crippen LogP contribution >= 0.6 is 0 Å². The predicted molar refractivity (Wildman–Crippen MR) is 50.8 cm³/mol. The van der Waals surface area contributed by atoms with Gasteiger partial charge in [0.2, 0.25) is 0 Å². The van der Waals surface area contributed by atoms with E-state index in [0.29, 0.717) is 13.2 Å². The number of rotatable bonds is 2. The fourth-order valence-corrected chi connectivity index (χ4v) is 2.42. The largest absolute Gasteiger partial charge is 0.383 e. The number of methoxy groups -OCH3 is 1. The average molecular weight is 201 g/mol. The molecule has 2 heterocycles. The lowest BCUT2D eigenvalue weighted by molar-refractivity contribution is -0.0775. The van der Waals surface area contributed by atoms with Gasteiger partial charge >= 0.3 is 0 Å². The maximum Gasteiger partial charge on any atom is 0.0872 e. The Labute approximate surface area is 83.5 Å². The molecule has 2 rings (SSSR count). The smallest absolute Gasteiger partial charge is 0.0872 e. The molecule has 0 N–H and O–H groups in total. The van der Waals surface area contributed by atoms with Crippen LogP contribution in [0.15, 0.2) is 11.9 Å². The summed E-state index contributed by atoms with van der Waals surface area (Å²) >= 11 is 0. The molecule has 0 radical (unpaired) electrons. The van der Waals surface area contributed by atoms with E-state index in [-0.39, 0.29) is 5.54 Å². The molecule has 2 fully saturated rings.